The van der Waals surface area contributed by atoms with Crippen molar-refractivity contribution in [1.82, 2.24) is 14.9 Å². The number of hydrogen-bond acceptors (Lipinski definition) is 2. The maximum Gasteiger partial charge on any atom is 0.111 e. The molecule has 1 N–H and O–H groups in total. The summed E-state index contributed by atoms with van der Waals surface area (Å²) in [4.78, 5) is 4.90. The fourth-order valence-corrected chi connectivity index (χ4v) is 3.92. The number of aromatic nitrogens is 2. The van der Waals surface area contributed by atoms with E-state index in [4.69, 9.17) is 4.98 Å². The van der Waals surface area contributed by atoms with Gasteiger partial charge in [-0.05, 0) is 18.8 Å². The Morgan fingerprint density at radius 2 is 2.10 bits per heavy atom. The SMILES string of the molecule is CC(C)c1nc2c(n1CCCC1CCCC1)CCNC2. The van der Waals surface area contributed by atoms with E-state index in [0.29, 0.717) is 5.92 Å². The third kappa shape index (κ3) is 2.93. The van der Waals surface area contributed by atoms with Gasteiger partial charge >= 0.3 is 0 Å². The average molecular weight is 275 g/mol. The summed E-state index contributed by atoms with van der Waals surface area (Å²) in [7, 11) is 0. The lowest BCUT2D eigenvalue weighted by atomic mass is 10.0. The van der Waals surface area contributed by atoms with Crippen molar-refractivity contribution >= 4 is 0 Å². The van der Waals surface area contributed by atoms with Gasteiger partial charge in [-0.3, -0.25) is 0 Å². The second-order valence-electron chi connectivity index (χ2n) is 6.89. The topological polar surface area (TPSA) is 29.9 Å². The van der Waals surface area contributed by atoms with Gasteiger partial charge in [0.2, 0.25) is 0 Å². The van der Waals surface area contributed by atoms with Crippen LogP contribution < -0.4 is 5.32 Å². The smallest absolute Gasteiger partial charge is 0.111 e. The van der Waals surface area contributed by atoms with Gasteiger partial charge in [0.1, 0.15) is 5.82 Å². The molecule has 0 bridgehead atoms. The van der Waals surface area contributed by atoms with Crippen molar-refractivity contribution in [3.05, 3.63) is 17.2 Å². The van der Waals surface area contributed by atoms with Crippen LogP contribution in [0.5, 0.6) is 0 Å². The van der Waals surface area contributed by atoms with Crippen LogP contribution in [0.15, 0.2) is 0 Å². The van der Waals surface area contributed by atoms with E-state index in [-0.39, 0.29) is 0 Å². The van der Waals surface area contributed by atoms with Gasteiger partial charge in [0.15, 0.2) is 0 Å². The van der Waals surface area contributed by atoms with Crippen LogP contribution in [-0.4, -0.2) is 16.1 Å². The predicted molar refractivity (Wildman–Crippen MR) is 82.9 cm³/mol. The minimum Gasteiger partial charge on any atom is -0.331 e. The molecule has 3 heteroatoms. The monoisotopic (exact) mass is 275 g/mol. The predicted octanol–water partition coefficient (Wildman–Crippen LogP) is 3.62. The molecule has 3 rings (SSSR count). The molecule has 2 heterocycles. The van der Waals surface area contributed by atoms with Gasteiger partial charge in [-0.2, -0.15) is 0 Å². The minimum absolute atomic E-state index is 0.534. The summed E-state index contributed by atoms with van der Waals surface area (Å²) in [6.07, 6.45) is 9.79. The average Bonchev–Trinajstić information content (AvgIpc) is 3.07. The lowest BCUT2D eigenvalue weighted by Gasteiger charge is -2.18. The van der Waals surface area contributed by atoms with Gasteiger partial charge in [0, 0.05) is 37.7 Å². The molecule has 1 aromatic rings. The van der Waals surface area contributed by atoms with Gasteiger partial charge in [0.25, 0.3) is 0 Å². The van der Waals surface area contributed by atoms with Crippen LogP contribution in [0.1, 0.15) is 75.5 Å². The molecule has 3 nitrogen and oxygen atoms in total. The largest absolute Gasteiger partial charge is 0.331 e. The van der Waals surface area contributed by atoms with Crippen LogP contribution in [0.4, 0.5) is 0 Å². The Morgan fingerprint density at radius 1 is 1.30 bits per heavy atom. The summed E-state index contributed by atoms with van der Waals surface area (Å²) < 4.78 is 2.55. The minimum atomic E-state index is 0.534. The van der Waals surface area contributed by atoms with Crippen LogP contribution >= 0.6 is 0 Å². The third-order valence-electron chi connectivity index (χ3n) is 5.00. The van der Waals surface area contributed by atoms with E-state index in [9.17, 15) is 0 Å². The molecular formula is C17H29N3. The Morgan fingerprint density at radius 3 is 2.85 bits per heavy atom. The third-order valence-corrected chi connectivity index (χ3v) is 5.00. The van der Waals surface area contributed by atoms with Crippen molar-refractivity contribution in [3.8, 4) is 0 Å². The highest BCUT2D eigenvalue weighted by Gasteiger charge is 2.21. The van der Waals surface area contributed by atoms with Crippen LogP contribution in [0, 0.1) is 5.92 Å². The van der Waals surface area contributed by atoms with E-state index in [2.05, 4.69) is 23.7 Å². The molecule has 20 heavy (non-hydrogen) atoms. The Labute approximate surface area is 123 Å². The lowest BCUT2D eigenvalue weighted by molar-refractivity contribution is 0.446. The van der Waals surface area contributed by atoms with Crippen LogP contribution in [0.3, 0.4) is 0 Å². The summed E-state index contributed by atoms with van der Waals surface area (Å²) in [5.74, 6) is 2.86. The van der Waals surface area contributed by atoms with E-state index >= 15 is 0 Å². The van der Waals surface area contributed by atoms with E-state index < -0.39 is 0 Å². The highest BCUT2D eigenvalue weighted by atomic mass is 15.1. The van der Waals surface area contributed by atoms with Crippen molar-refractivity contribution in [2.24, 2.45) is 5.92 Å². The van der Waals surface area contributed by atoms with Gasteiger partial charge < -0.3 is 9.88 Å². The van der Waals surface area contributed by atoms with Crippen LogP contribution in [0.2, 0.25) is 0 Å². The first-order valence-electron chi connectivity index (χ1n) is 8.54. The maximum absolute atomic E-state index is 4.90. The number of rotatable bonds is 5. The molecule has 0 radical (unpaired) electrons. The van der Waals surface area contributed by atoms with E-state index in [1.54, 1.807) is 0 Å². The standard InChI is InChI=1S/C17H29N3/c1-13(2)17-19-15-12-18-10-9-16(15)20(17)11-5-8-14-6-3-4-7-14/h13-14,18H,3-12H2,1-2H3. The number of imidazole rings is 1. The molecule has 0 saturated heterocycles. The first-order valence-corrected chi connectivity index (χ1v) is 8.54. The Balaban J connectivity index is 1.68. The molecule has 1 aliphatic heterocycles. The number of hydrogen-bond donors (Lipinski definition) is 1. The quantitative estimate of drug-likeness (QED) is 0.889. The van der Waals surface area contributed by atoms with Crippen molar-refractivity contribution < 1.29 is 0 Å². The van der Waals surface area contributed by atoms with Crippen molar-refractivity contribution in [2.75, 3.05) is 6.54 Å². The summed E-state index contributed by atoms with van der Waals surface area (Å²) in [6, 6.07) is 0. The van der Waals surface area contributed by atoms with Crippen molar-refractivity contribution in [1.29, 1.82) is 0 Å². The molecule has 0 amide bonds. The molecule has 2 aliphatic rings. The van der Waals surface area contributed by atoms with Gasteiger partial charge in [-0.1, -0.05) is 39.5 Å². The first-order chi connectivity index (χ1) is 9.75. The molecule has 1 saturated carbocycles. The number of fused-ring (bicyclic) bond motifs is 1. The molecular weight excluding hydrogens is 246 g/mol. The second kappa shape index (κ2) is 6.30. The number of nitrogens with one attached hydrogen (secondary N) is 1. The fourth-order valence-electron chi connectivity index (χ4n) is 3.92. The van der Waals surface area contributed by atoms with E-state index in [1.165, 1.54) is 62.3 Å². The zero-order chi connectivity index (χ0) is 13.9. The summed E-state index contributed by atoms with van der Waals surface area (Å²) >= 11 is 0. The van der Waals surface area contributed by atoms with Crippen molar-refractivity contribution in [2.45, 2.75) is 77.8 Å². The van der Waals surface area contributed by atoms with Crippen LogP contribution in [-0.2, 0) is 19.5 Å². The van der Waals surface area contributed by atoms with Gasteiger partial charge in [-0.15, -0.1) is 0 Å². The second-order valence-corrected chi connectivity index (χ2v) is 6.89. The lowest BCUT2D eigenvalue weighted by Crippen LogP contribution is -2.25. The number of nitrogens with zero attached hydrogens (tertiary/aromatic N) is 2. The highest BCUT2D eigenvalue weighted by molar-refractivity contribution is 5.21. The Hall–Kier alpha value is -0.830. The summed E-state index contributed by atoms with van der Waals surface area (Å²) in [6.45, 7) is 7.80. The first kappa shape index (κ1) is 14.1. The van der Waals surface area contributed by atoms with Crippen LogP contribution in [0.25, 0.3) is 0 Å². The van der Waals surface area contributed by atoms with Gasteiger partial charge in [0.05, 0.1) is 5.69 Å². The molecule has 1 aromatic heterocycles. The molecule has 1 fully saturated rings. The molecule has 0 spiro atoms. The summed E-state index contributed by atoms with van der Waals surface area (Å²) in [5.41, 5.74) is 2.82. The zero-order valence-corrected chi connectivity index (χ0v) is 13.1. The Bertz CT molecular complexity index is 441. The molecule has 1 aliphatic carbocycles. The molecule has 0 aromatic carbocycles. The molecule has 0 unspecified atom stereocenters. The van der Waals surface area contributed by atoms with Gasteiger partial charge in [-0.25, -0.2) is 4.98 Å². The molecule has 0 atom stereocenters. The maximum atomic E-state index is 4.90. The zero-order valence-electron chi connectivity index (χ0n) is 13.1. The van der Waals surface area contributed by atoms with E-state index in [1.807, 2.05) is 0 Å². The van der Waals surface area contributed by atoms with E-state index in [0.717, 1.165) is 25.4 Å². The fraction of sp³-hybridized carbons (Fsp3) is 0.824. The highest BCUT2D eigenvalue weighted by Crippen LogP contribution is 2.29. The summed E-state index contributed by atoms with van der Waals surface area (Å²) in [5, 5.41) is 3.45. The van der Waals surface area contributed by atoms with Crippen molar-refractivity contribution in [3.63, 3.8) is 0 Å². The normalized spacial score (nSPS) is 19.8. The Kier molecular flexibility index (Phi) is 4.45. The molecule has 112 valence electrons.